The second-order valence-corrected chi connectivity index (χ2v) is 7.84. The summed E-state index contributed by atoms with van der Waals surface area (Å²) in [5, 5.41) is 2.80. The van der Waals surface area contributed by atoms with Gasteiger partial charge in [0.1, 0.15) is 0 Å². The first kappa shape index (κ1) is 14.6. The van der Waals surface area contributed by atoms with Crippen molar-refractivity contribution >= 4 is 33.2 Å². The molecule has 0 aromatic heterocycles. The number of nitrogens with one attached hydrogen (secondary N) is 1. The molecule has 0 radical (unpaired) electrons. The zero-order chi connectivity index (χ0) is 15.3. The van der Waals surface area contributed by atoms with Crippen LogP contribution in [-0.4, -0.2) is 28.4 Å². The van der Waals surface area contributed by atoms with Gasteiger partial charge in [-0.25, -0.2) is 0 Å². The average molecular weight is 297 g/mol. The maximum atomic E-state index is 12.0. The molecule has 1 aromatic rings. The van der Waals surface area contributed by atoms with E-state index in [1.807, 2.05) is 20.8 Å². The van der Waals surface area contributed by atoms with Gasteiger partial charge in [0.25, 0.3) is 0 Å². The molecule has 7 heteroatoms. The molecule has 1 N–H and O–H groups in total. The first-order valence-corrected chi connectivity index (χ1v) is 7.63. The summed E-state index contributed by atoms with van der Waals surface area (Å²) in [7, 11) is -0.484. The fraction of sp³-hybridized carbons (Fsp3) is 0.462. The highest BCUT2D eigenvalue weighted by atomic mass is 32.2. The molecule has 0 aliphatic carbocycles. The molecular weight excluding hydrogens is 278 g/mol. The van der Waals surface area contributed by atoms with Crippen LogP contribution in [0.4, 0.5) is 17.1 Å². The van der Waals surface area contributed by atoms with Crippen LogP contribution < -0.4 is 13.9 Å². The molecule has 2 rings (SSSR count). The predicted molar refractivity (Wildman–Crippen MR) is 80.3 cm³/mol. The monoisotopic (exact) mass is 297 g/mol. The second kappa shape index (κ2) is 4.37. The number of fused-ring (bicyclic) bond motifs is 1. The van der Waals surface area contributed by atoms with Crippen LogP contribution in [0.1, 0.15) is 20.8 Å². The SMILES string of the molecule is CN1c2ccc(NC(=O)C(C)(C)C)cc2N(C)S1(=O)=O. The van der Waals surface area contributed by atoms with Gasteiger partial charge < -0.3 is 5.32 Å². The van der Waals surface area contributed by atoms with Crippen molar-refractivity contribution in [1.29, 1.82) is 0 Å². The van der Waals surface area contributed by atoms with Crippen molar-refractivity contribution in [2.75, 3.05) is 28.0 Å². The van der Waals surface area contributed by atoms with E-state index in [4.69, 9.17) is 0 Å². The van der Waals surface area contributed by atoms with E-state index in [-0.39, 0.29) is 5.91 Å². The third-order valence-corrected chi connectivity index (χ3v) is 5.06. The summed E-state index contributed by atoms with van der Waals surface area (Å²) >= 11 is 0. The Kier molecular flexibility index (Phi) is 3.20. The number of anilines is 3. The molecular formula is C13H19N3O3S. The van der Waals surface area contributed by atoms with Gasteiger partial charge in [-0.2, -0.15) is 8.42 Å². The van der Waals surface area contributed by atoms with E-state index in [0.717, 1.165) is 0 Å². The lowest BCUT2D eigenvalue weighted by molar-refractivity contribution is -0.123. The fourth-order valence-corrected chi connectivity index (χ4v) is 3.04. The lowest BCUT2D eigenvalue weighted by Crippen LogP contribution is -2.32. The molecule has 0 unspecified atom stereocenters. The first-order valence-electron chi connectivity index (χ1n) is 6.23. The van der Waals surface area contributed by atoms with Crippen LogP contribution in [0.5, 0.6) is 0 Å². The largest absolute Gasteiger partial charge is 0.326 e. The third kappa shape index (κ3) is 2.22. The Labute approximate surface area is 119 Å². The average Bonchev–Trinajstić information content (AvgIpc) is 2.50. The molecule has 1 aliphatic heterocycles. The van der Waals surface area contributed by atoms with Crippen molar-refractivity contribution in [2.24, 2.45) is 5.41 Å². The zero-order valence-corrected chi connectivity index (χ0v) is 13.1. The van der Waals surface area contributed by atoms with Crippen molar-refractivity contribution in [2.45, 2.75) is 20.8 Å². The molecule has 1 heterocycles. The number of amides is 1. The minimum Gasteiger partial charge on any atom is -0.326 e. The molecule has 0 spiro atoms. The number of hydrogen-bond acceptors (Lipinski definition) is 3. The van der Waals surface area contributed by atoms with Crippen molar-refractivity contribution in [3.05, 3.63) is 18.2 Å². The maximum Gasteiger partial charge on any atom is 0.326 e. The lowest BCUT2D eigenvalue weighted by atomic mass is 9.95. The van der Waals surface area contributed by atoms with Gasteiger partial charge in [-0.15, -0.1) is 0 Å². The highest BCUT2D eigenvalue weighted by Crippen LogP contribution is 2.40. The second-order valence-electron chi connectivity index (χ2n) is 5.85. The molecule has 0 saturated carbocycles. The van der Waals surface area contributed by atoms with E-state index in [1.165, 1.54) is 22.7 Å². The molecule has 0 fully saturated rings. The van der Waals surface area contributed by atoms with E-state index in [2.05, 4.69) is 5.32 Å². The van der Waals surface area contributed by atoms with Crippen molar-refractivity contribution < 1.29 is 13.2 Å². The Morgan fingerprint density at radius 1 is 1.10 bits per heavy atom. The molecule has 20 heavy (non-hydrogen) atoms. The van der Waals surface area contributed by atoms with Crippen molar-refractivity contribution in [1.82, 2.24) is 0 Å². The first-order chi connectivity index (χ1) is 9.05. The van der Waals surface area contributed by atoms with E-state index in [1.54, 1.807) is 18.2 Å². The highest BCUT2D eigenvalue weighted by Gasteiger charge is 2.35. The van der Waals surface area contributed by atoms with Gasteiger partial charge in [-0.05, 0) is 18.2 Å². The molecule has 110 valence electrons. The minimum atomic E-state index is -3.48. The lowest BCUT2D eigenvalue weighted by Gasteiger charge is -2.18. The topological polar surface area (TPSA) is 69.7 Å². The number of carbonyl (C=O) groups is 1. The number of nitrogens with zero attached hydrogens (tertiary/aromatic N) is 2. The number of benzene rings is 1. The van der Waals surface area contributed by atoms with Gasteiger partial charge >= 0.3 is 10.2 Å². The van der Waals surface area contributed by atoms with Gasteiger partial charge in [0, 0.05) is 25.2 Å². The Morgan fingerprint density at radius 3 is 2.20 bits per heavy atom. The Morgan fingerprint density at radius 2 is 1.65 bits per heavy atom. The quantitative estimate of drug-likeness (QED) is 0.859. The molecule has 6 nitrogen and oxygen atoms in total. The normalized spacial score (nSPS) is 17.1. The van der Waals surface area contributed by atoms with E-state index in [9.17, 15) is 13.2 Å². The maximum absolute atomic E-state index is 12.0. The van der Waals surface area contributed by atoms with Crippen LogP contribution in [-0.2, 0) is 15.0 Å². The fourth-order valence-electron chi connectivity index (χ4n) is 1.87. The van der Waals surface area contributed by atoms with Crippen LogP contribution in [0, 0.1) is 5.41 Å². The van der Waals surface area contributed by atoms with Crippen LogP contribution in [0.25, 0.3) is 0 Å². The summed E-state index contributed by atoms with van der Waals surface area (Å²) in [4.78, 5) is 12.0. The predicted octanol–water partition coefficient (Wildman–Crippen LogP) is 1.80. The van der Waals surface area contributed by atoms with E-state index < -0.39 is 15.6 Å². The smallest absolute Gasteiger partial charge is 0.326 e. The summed E-state index contributed by atoms with van der Waals surface area (Å²) < 4.78 is 26.4. The summed E-state index contributed by atoms with van der Waals surface area (Å²) in [6.45, 7) is 5.46. The number of rotatable bonds is 1. The zero-order valence-electron chi connectivity index (χ0n) is 12.3. The third-order valence-electron chi connectivity index (χ3n) is 3.29. The summed E-state index contributed by atoms with van der Waals surface area (Å²) in [6.07, 6.45) is 0. The van der Waals surface area contributed by atoms with Gasteiger partial charge in [0.05, 0.1) is 11.4 Å². The van der Waals surface area contributed by atoms with Crippen LogP contribution in [0.2, 0.25) is 0 Å². The Bertz CT molecular complexity index is 662. The van der Waals surface area contributed by atoms with Crippen molar-refractivity contribution in [3.8, 4) is 0 Å². The van der Waals surface area contributed by atoms with Gasteiger partial charge in [-0.1, -0.05) is 20.8 Å². The molecule has 1 aromatic carbocycles. The highest BCUT2D eigenvalue weighted by molar-refractivity contribution is 7.94. The van der Waals surface area contributed by atoms with Gasteiger partial charge in [-0.3, -0.25) is 13.4 Å². The Hall–Kier alpha value is -1.76. The summed E-state index contributed by atoms with van der Waals surface area (Å²) in [5.41, 5.74) is 1.23. The van der Waals surface area contributed by atoms with Crippen LogP contribution in [0.15, 0.2) is 18.2 Å². The van der Waals surface area contributed by atoms with Gasteiger partial charge in [0.2, 0.25) is 5.91 Å². The Balaban J connectivity index is 2.36. The number of hydrogen-bond donors (Lipinski definition) is 1. The molecule has 0 saturated heterocycles. The van der Waals surface area contributed by atoms with Crippen LogP contribution in [0.3, 0.4) is 0 Å². The summed E-state index contributed by atoms with van der Waals surface area (Å²) in [6, 6.07) is 5.06. The molecule has 1 amide bonds. The molecule has 1 aliphatic rings. The van der Waals surface area contributed by atoms with Crippen molar-refractivity contribution in [3.63, 3.8) is 0 Å². The molecule has 0 atom stereocenters. The summed E-state index contributed by atoms with van der Waals surface area (Å²) in [5.74, 6) is -0.116. The van der Waals surface area contributed by atoms with Gasteiger partial charge in [0.15, 0.2) is 0 Å². The number of carbonyl (C=O) groups excluding carboxylic acids is 1. The van der Waals surface area contributed by atoms with E-state index in [0.29, 0.717) is 17.1 Å². The van der Waals surface area contributed by atoms with Crippen LogP contribution >= 0.6 is 0 Å². The minimum absolute atomic E-state index is 0.116. The standard InChI is InChI=1S/C13H19N3O3S/c1-13(2,3)12(17)14-9-6-7-10-11(8-9)16(5)20(18,19)15(10)4/h6-8H,1-5H3,(H,14,17). The van der Waals surface area contributed by atoms with E-state index >= 15 is 0 Å². The molecule has 0 bridgehead atoms.